The van der Waals surface area contributed by atoms with Crippen LogP contribution in [0.25, 0.3) is 0 Å². The Balaban J connectivity index is 2.27. The molecule has 6 nitrogen and oxygen atoms in total. The van der Waals surface area contributed by atoms with Crippen molar-refractivity contribution in [2.75, 3.05) is 0 Å². The first-order valence-electron chi connectivity index (χ1n) is 7.09. The Morgan fingerprint density at radius 3 is 2.76 bits per heavy atom. The Morgan fingerprint density at radius 1 is 1.48 bits per heavy atom. The molecular formula is C15H20N2O4. The van der Waals surface area contributed by atoms with Gasteiger partial charge in [-0.1, -0.05) is 19.8 Å². The molecule has 1 fully saturated rings. The molecule has 21 heavy (non-hydrogen) atoms. The molecule has 1 aromatic rings. The van der Waals surface area contributed by atoms with E-state index in [1.54, 1.807) is 6.92 Å². The second-order valence-electron chi connectivity index (χ2n) is 5.94. The number of carboxylic acid groups (broad SMARTS) is 1. The van der Waals surface area contributed by atoms with Gasteiger partial charge in [0, 0.05) is 18.0 Å². The molecule has 114 valence electrons. The van der Waals surface area contributed by atoms with Gasteiger partial charge in [0.1, 0.15) is 11.1 Å². The lowest BCUT2D eigenvalue weighted by Gasteiger charge is -2.37. The molecule has 0 aliphatic heterocycles. The number of pyridine rings is 1. The van der Waals surface area contributed by atoms with Gasteiger partial charge in [-0.15, -0.1) is 0 Å². The van der Waals surface area contributed by atoms with Gasteiger partial charge in [-0.2, -0.15) is 0 Å². The number of H-pyrrole nitrogens is 1. The number of hydrogen-bond acceptors (Lipinski definition) is 3. The minimum absolute atomic E-state index is 0.0561. The molecule has 0 radical (unpaired) electrons. The number of aromatic amines is 1. The lowest BCUT2D eigenvalue weighted by molar-refractivity contribution is -0.146. The van der Waals surface area contributed by atoms with Crippen LogP contribution in [0.15, 0.2) is 17.1 Å². The summed E-state index contributed by atoms with van der Waals surface area (Å²) in [5, 5.41) is 12.1. The van der Waals surface area contributed by atoms with Crippen LogP contribution in [0, 0.1) is 12.8 Å². The van der Waals surface area contributed by atoms with Crippen LogP contribution in [-0.4, -0.2) is 27.5 Å². The number of carboxylic acids is 1. The molecule has 1 saturated carbocycles. The quantitative estimate of drug-likeness (QED) is 0.785. The van der Waals surface area contributed by atoms with Crippen LogP contribution in [0.5, 0.6) is 0 Å². The van der Waals surface area contributed by atoms with Gasteiger partial charge in [0.05, 0.1) is 0 Å². The van der Waals surface area contributed by atoms with E-state index < -0.39 is 22.8 Å². The van der Waals surface area contributed by atoms with Crippen LogP contribution in [0.2, 0.25) is 0 Å². The first-order valence-corrected chi connectivity index (χ1v) is 7.09. The van der Waals surface area contributed by atoms with Crippen molar-refractivity contribution in [2.24, 2.45) is 5.92 Å². The Bertz CT molecular complexity index is 622. The van der Waals surface area contributed by atoms with Crippen molar-refractivity contribution in [2.45, 2.75) is 45.1 Å². The Hall–Kier alpha value is -2.11. The summed E-state index contributed by atoms with van der Waals surface area (Å²) in [5.74, 6) is -1.44. The average molecular weight is 292 g/mol. The first-order chi connectivity index (χ1) is 9.84. The zero-order chi connectivity index (χ0) is 15.6. The monoisotopic (exact) mass is 292 g/mol. The van der Waals surface area contributed by atoms with Gasteiger partial charge >= 0.3 is 5.97 Å². The number of carbonyl (C=O) groups excluding carboxylic acids is 1. The topological polar surface area (TPSA) is 99.3 Å². The third-order valence-corrected chi connectivity index (χ3v) is 4.06. The van der Waals surface area contributed by atoms with Crippen molar-refractivity contribution >= 4 is 11.9 Å². The highest BCUT2D eigenvalue weighted by molar-refractivity contribution is 5.97. The summed E-state index contributed by atoms with van der Waals surface area (Å²) < 4.78 is 0. The third kappa shape index (κ3) is 3.15. The van der Waals surface area contributed by atoms with Gasteiger partial charge in [-0.25, -0.2) is 4.79 Å². The number of hydrogen-bond donors (Lipinski definition) is 3. The maximum atomic E-state index is 12.3. The Morgan fingerprint density at radius 2 is 2.19 bits per heavy atom. The second kappa shape index (κ2) is 5.71. The molecule has 0 aromatic carbocycles. The first kappa shape index (κ1) is 15.3. The molecule has 1 aromatic heterocycles. The molecule has 1 amide bonds. The van der Waals surface area contributed by atoms with Gasteiger partial charge in [0.2, 0.25) is 0 Å². The van der Waals surface area contributed by atoms with Crippen molar-refractivity contribution in [1.29, 1.82) is 0 Å². The molecule has 2 unspecified atom stereocenters. The Kier molecular flexibility index (Phi) is 4.16. The van der Waals surface area contributed by atoms with E-state index in [4.69, 9.17) is 0 Å². The van der Waals surface area contributed by atoms with E-state index in [1.807, 2.05) is 6.92 Å². The number of aliphatic carboxylic acids is 1. The number of carbonyl (C=O) groups is 2. The summed E-state index contributed by atoms with van der Waals surface area (Å²) in [6, 6.07) is 1.33. The predicted molar refractivity (Wildman–Crippen MR) is 77.3 cm³/mol. The number of aryl methyl sites for hydroxylation is 1. The smallest absolute Gasteiger partial charge is 0.329 e. The summed E-state index contributed by atoms with van der Waals surface area (Å²) in [6.45, 7) is 3.69. The SMILES string of the molecule is Cc1cc(=O)c(C(=O)NC2(C(=O)O)CCCC(C)C2)c[nH]1. The Labute approximate surface area is 122 Å². The molecule has 3 N–H and O–H groups in total. The van der Waals surface area contributed by atoms with Crippen molar-refractivity contribution in [3.05, 3.63) is 33.7 Å². The van der Waals surface area contributed by atoms with E-state index in [0.717, 1.165) is 12.8 Å². The molecule has 0 spiro atoms. The van der Waals surface area contributed by atoms with Gasteiger partial charge in [0.15, 0.2) is 5.43 Å². The summed E-state index contributed by atoms with van der Waals surface area (Å²) >= 11 is 0. The predicted octanol–water partition coefficient (Wildman–Crippen LogP) is 1.45. The maximum Gasteiger partial charge on any atom is 0.329 e. The lowest BCUT2D eigenvalue weighted by Crippen LogP contribution is -2.57. The average Bonchev–Trinajstić information content (AvgIpc) is 2.38. The molecule has 1 aliphatic rings. The van der Waals surface area contributed by atoms with Crippen molar-refractivity contribution in [3.8, 4) is 0 Å². The van der Waals surface area contributed by atoms with E-state index >= 15 is 0 Å². The minimum Gasteiger partial charge on any atom is -0.480 e. The summed E-state index contributed by atoms with van der Waals surface area (Å²) in [6.07, 6.45) is 3.81. The zero-order valence-electron chi connectivity index (χ0n) is 12.2. The van der Waals surface area contributed by atoms with Gasteiger partial charge in [-0.05, 0) is 25.7 Å². The fourth-order valence-electron chi connectivity index (χ4n) is 2.95. The van der Waals surface area contributed by atoms with Gasteiger partial charge in [-0.3, -0.25) is 9.59 Å². The number of amides is 1. The second-order valence-corrected chi connectivity index (χ2v) is 5.94. The molecule has 0 saturated heterocycles. The zero-order valence-corrected chi connectivity index (χ0v) is 12.2. The van der Waals surface area contributed by atoms with Gasteiger partial charge < -0.3 is 15.4 Å². The summed E-state index contributed by atoms with van der Waals surface area (Å²) in [5.41, 5.74) is -1.09. The van der Waals surface area contributed by atoms with Crippen LogP contribution in [0.4, 0.5) is 0 Å². The minimum atomic E-state index is -1.27. The van der Waals surface area contributed by atoms with Crippen LogP contribution < -0.4 is 10.7 Å². The van der Waals surface area contributed by atoms with E-state index in [2.05, 4.69) is 10.3 Å². The number of nitrogens with one attached hydrogen (secondary N) is 2. The molecule has 2 rings (SSSR count). The number of aromatic nitrogens is 1. The van der Waals surface area contributed by atoms with E-state index in [0.29, 0.717) is 18.5 Å². The fourth-order valence-corrected chi connectivity index (χ4v) is 2.95. The highest BCUT2D eigenvalue weighted by atomic mass is 16.4. The molecule has 1 heterocycles. The molecule has 2 atom stereocenters. The van der Waals surface area contributed by atoms with Crippen LogP contribution in [0.3, 0.4) is 0 Å². The summed E-state index contributed by atoms with van der Waals surface area (Å²) in [7, 11) is 0. The highest BCUT2D eigenvalue weighted by Gasteiger charge is 2.43. The highest BCUT2D eigenvalue weighted by Crippen LogP contribution is 2.32. The molecule has 1 aliphatic carbocycles. The maximum absolute atomic E-state index is 12.3. The largest absolute Gasteiger partial charge is 0.480 e. The molecule has 6 heteroatoms. The van der Waals surface area contributed by atoms with Crippen LogP contribution in [-0.2, 0) is 4.79 Å². The van der Waals surface area contributed by atoms with Crippen LogP contribution in [0.1, 0.15) is 48.7 Å². The molecule has 0 bridgehead atoms. The fraction of sp³-hybridized carbons (Fsp3) is 0.533. The molecular weight excluding hydrogens is 272 g/mol. The standard InChI is InChI=1S/C15H20N2O4/c1-9-4-3-5-15(7-9,14(20)21)17-13(19)11-8-16-10(2)6-12(11)18/h6,8-9H,3-5,7H2,1-2H3,(H,16,18)(H,17,19)(H,20,21). The van der Waals surface area contributed by atoms with Crippen molar-refractivity contribution < 1.29 is 14.7 Å². The normalized spacial score (nSPS) is 25.3. The lowest BCUT2D eigenvalue weighted by atomic mass is 9.76. The van der Waals surface area contributed by atoms with Crippen molar-refractivity contribution in [3.63, 3.8) is 0 Å². The number of rotatable bonds is 3. The van der Waals surface area contributed by atoms with Crippen LogP contribution >= 0.6 is 0 Å². The van der Waals surface area contributed by atoms with E-state index in [1.165, 1.54) is 12.3 Å². The van der Waals surface area contributed by atoms with Crippen molar-refractivity contribution in [1.82, 2.24) is 10.3 Å². The third-order valence-electron chi connectivity index (χ3n) is 4.06. The van der Waals surface area contributed by atoms with Gasteiger partial charge in [0.25, 0.3) is 5.91 Å². The summed E-state index contributed by atoms with van der Waals surface area (Å²) in [4.78, 5) is 38.5. The van der Waals surface area contributed by atoms with E-state index in [-0.39, 0.29) is 11.5 Å². The van der Waals surface area contributed by atoms with E-state index in [9.17, 15) is 19.5 Å².